The number of nitrogens with zero attached hydrogens (tertiary/aromatic N) is 3. The van der Waals surface area contributed by atoms with Gasteiger partial charge in [0.2, 0.25) is 11.9 Å². The van der Waals surface area contributed by atoms with Crippen LogP contribution in [0.1, 0.15) is 12.0 Å². The maximum Gasteiger partial charge on any atom is 0.225 e. The number of anilines is 1. The molecule has 1 unspecified atom stereocenters. The van der Waals surface area contributed by atoms with Gasteiger partial charge >= 0.3 is 0 Å². The first kappa shape index (κ1) is 11.8. The molecule has 1 saturated heterocycles. The molecule has 2 heterocycles. The first-order valence-electron chi connectivity index (χ1n) is 5.70. The standard InChI is InChI=1S/C11H17N5O/c1-13-4-8-5-14-11(15-6-8)16-3-2-9(7-16)10(12)17/h5-6,9,13H,2-4,7H2,1H3,(H2,12,17). The molecule has 1 aliphatic heterocycles. The van der Waals surface area contributed by atoms with Gasteiger partial charge in [-0.15, -0.1) is 0 Å². The topological polar surface area (TPSA) is 84.1 Å². The number of carbonyl (C=O) groups excluding carboxylic acids is 1. The zero-order chi connectivity index (χ0) is 12.3. The van der Waals surface area contributed by atoms with Gasteiger partial charge in [0.05, 0.1) is 5.92 Å². The van der Waals surface area contributed by atoms with Gasteiger partial charge in [0, 0.05) is 37.6 Å². The predicted molar refractivity (Wildman–Crippen MR) is 64.3 cm³/mol. The van der Waals surface area contributed by atoms with Gasteiger partial charge in [-0.3, -0.25) is 4.79 Å². The maximum absolute atomic E-state index is 11.1. The summed E-state index contributed by atoms with van der Waals surface area (Å²) in [7, 11) is 1.88. The number of hydrogen-bond donors (Lipinski definition) is 2. The van der Waals surface area contributed by atoms with Crippen LogP contribution in [-0.4, -0.2) is 36.0 Å². The molecular weight excluding hydrogens is 218 g/mol. The van der Waals surface area contributed by atoms with Crippen molar-refractivity contribution in [3.63, 3.8) is 0 Å². The second kappa shape index (κ2) is 5.09. The smallest absolute Gasteiger partial charge is 0.225 e. The van der Waals surface area contributed by atoms with Crippen LogP contribution >= 0.6 is 0 Å². The Balaban J connectivity index is 2.01. The van der Waals surface area contributed by atoms with Crippen molar-refractivity contribution in [3.05, 3.63) is 18.0 Å². The highest BCUT2D eigenvalue weighted by Crippen LogP contribution is 2.19. The monoisotopic (exact) mass is 235 g/mol. The molecule has 0 aromatic carbocycles. The highest BCUT2D eigenvalue weighted by molar-refractivity contribution is 5.78. The van der Waals surface area contributed by atoms with E-state index in [1.807, 2.05) is 11.9 Å². The molecule has 1 atom stereocenters. The molecule has 1 aromatic rings. The number of carbonyl (C=O) groups is 1. The Morgan fingerprint density at radius 3 is 2.82 bits per heavy atom. The molecule has 3 N–H and O–H groups in total. The molecule has 1 fully saturated rings. The molecule has 0 bridgehead atoms. The largest absolute Gasteiger partial charge is 0.369 e. The van der Waals surface area contributed by atoms with E-state index in [1.165, 1.54) is 0 Å². The molecule has 6 heteroatoms. The van der Waals surface area contributed by atoms with Gasteiger partial charge in [-0.2, -0.15) is 0 Å². The molecule has 2 rings (SSSR count). The number of hydrogen-bond acceptors (Lipinski definition) is 5. The van der Waals surface area contributed by atoms with Crippen LogP contribution in [0.2, 0.25) is 0 Å². The van der Waals surface area contributed by atoms with Crippen LogP contribution < -0.4 is 16.0 Å². The van der Waals surface area contributed by atoms with E-state index in [1.54, 1.807) is 12.4 Å². The molecule has 6 nitrogen and oxygen atoms in total. The van der Waals surface area contributed by atoms with Crippen molar-refractivity contribution in [2.75, 3.05) is 25.0 Å². The van der Waals surface area contributed by atoms with E-state index in [4.69, 9.17) is 5.73 Å². The van der Waals surface area contributed by atoms with E-state index in [2.05, 4.69) is 15.3 Å². The molecule has 0 radical (unpaired) electrons. The van der Waals surface area contributed by atoms with Gasteiger partial charge in [-0.05, 0) is 13.5 Å². The summed E-state index contributed by atoms with van der Waals surface area (Å²) in [6.07, 6.45) is 4.39. The third-order valence-corrected chi connectivity index (χ3v) is 2.95. The maximum atomic E-state index is 11.1. The zero-order valence-electron chi connectivity index (χ0n) is 9.89. The SMILES string of the molecule is CNCc1cnc(N2CCC(C(N)=O)C2)nc1. The minimum Gasteiger partial charge on any atom is -0.369 e. The molecule has 1 amide bonds. The molecule has 1 aromatic heterocycles. The minimum absolute atomic E-state index is 0.0735. The van der Waals surface area contributed by atoms with E-state index in [0.29, 0.717) is 12.5 Å². The van der Waals surface area contributed by atoms with Crippen LogP contribution in [0.4, 0.5) is 5.95 Å². The summed E-state index contributed by atoms with van der Waals surface area (Å²) in [5.74, 6) is 0.364. The van der Waals surface area contributed by atoms with Crippen molar-refractivity contribution in [2.24, 2.45) is 11.7 Å². The molecular formula is C11H17N5O. The lowest BCUT2D eigenvalue weighted by molar-refractivity contribution is -0.121. The number of nitrogens with two attached hydrogens (primary N) is 1. The van der Waals surface area contributed by atoms with Gasteiger partial charge < -0.3 is 16.0 Å². The number of rotatable bonds is 4. The fourth-order valence-electron chi connectivity index (χ4n) is 1.98. The van der Waals surface area contributed by atoms with Crippen LogP contribution in [0.3, 0.4) is 0 Å². The van der Waals surface area contributed by atoms with E-state index in [9.17, 15) is 4.79 Å². The number of nitrogens with one attached hydrogen (secondary N) is 1. The van der Waals surface area contributed by atoms with Crippen molar-refractivity contribution in [1.29, 1.82) is 0 Å². The van der Waals surface area contributed by atoms with Crippen LogP contribution in [0, 0.1) is 5.92 Å². The van der Waals surface area contributed by atoms with Gasteiger partial charge in [-0.25, -0.2) is 9.97 Å². The first-order chi connectivity index (χ1) is 8.20. The van der Waals surface area contributed by atoms with E-state index in [0.717, 1.165) is 25.1 Å². The summed E-state index contributed by atoms with van der Waals surface area (Å²) in [6, 6.07) is 0. The Morgan fingerprint density at radius 2 is 2.29 bits per heavy atom. The van der Waals surface area contributed by atoms with Crippen molar-refractivity contribution in [1.82, 2.24) is 15.3 Å². The Hall–Kier alpha value is -1.69. The second-order valence-corrected chi connectivity index (χ2v) is 4.26. The summed E-state index contributed by atoms with van der Waals surface area (Å²) >= 11 is 0. The summed E-state index contributed by atoms with van der Waals surface area (Å²) in [6.45, 7) is 2.17. The molecule has 0 spiro atoms. The number of primary amides is 1. The van der Waals surface area contributed by atoms with Crippen molar-refractivity contribution < 1.29 is 4.79 Å². The third-order valence-electron chi connectivity index (χ3n) is 2.95. The van der Waals surface area contributed by atoms with E-state index in [-0.39, 0.29) is 11.8 Å². The second-order valence-electron chi connectivity index (χ2n) is 4.26. The summed E-state index contributed by atoms with van der Waals surface area (Å²) in [5, 5.41) is 3.04. The van der Waals surface area contributed by atoms with Crippen molar-refractivity contribution in [3.8, 4) is 0 Å². The molecule has 0 saturated carbocycles. The quantitative estimate of drug-likeness (QED) is 0.735. The molecule has 0 aliphatic carbocycles. The fraction of sp³-hybridized carbons (Fsp3) is 0.545. The lowest BCUT2D eigenvalue weighted by Crippen LogP contribution is -2.28. The van der Waals surface area contributed by atoms with Crippen LogP contribution in [-0.2, 0) is 11.3 Å². The first-order valence-corrected chi connectivity index (χ1v) is 5.70. The average molecular weight is 235 g/mol. The van der Waals surface area contributed by atoms with E-state index < -0.39 is 0 Å². The molecule has 1 aliphatic rings. The van der Waals surface area contributed by atoms with Gasteiger partial charge in [0.15, 0.2) is 0 Å². The molecule has 92 valence electrons. The predicted octanol–water partition coefficient (Wildman–Crippen LogP) is -0.492. The van der Waals surface area contributed by atoms with Gasteiger partial charge in [0.25, 0.3) is 0 Å². The highest BCUT2D eigenvalue weighted by atomic mass is 16.1. The summed E-state index contributed by atoms with van der Waals surface area (Å²) in [5.41, 5.74) is 6.33. The fourth-order valence-corrected chi connectivity index (χ4v) is 1.98. The molecule has 17 heavy (non-hydrogen) atoms. The van der Waals surface area contributed by atoms with Crippen molar-refractivity contribution >= 4 is 11.9 Å². The van der Waals surface area contributed by atoms with Crippen LogP contribution in [0.25, 0.3) is 0 Å². The number of aromatic nitrogens is 2. The lowest BCUT2D eigenvalue weighted by Gasteiger charge is -2.15. The Kier molecular flexibility index (Phi) is 3.53. The Labute approximate surface area is 100 Å². The third kappa shape index (κ3) is 2.71. The van der Waals surface area contributed by atoms with E-state index >= 15 is 0 Å². The normalized spacial score (nSPS) is 19.6. The zero-order valence-corrected chi connectivity index (χ0v) is 9.89. The summed E-state index contributed by atoms with van der Waals surface area (Å²) in [4.78, 5) is 21.7. The average Bonchev–Trinajstić information content (AvgIpc) is 2.80. The lowest BCUT2D eigenvalue weighted by atomic mass is 10.1. The van der Waals surface area contributed by atoms with Gasteiger partial charge in [-0.1, -0.05) is 0 Å². The Bertz CT molecular complexity index is 391. The van der Waals surface area contributed by atoms with Crippen LogP contribution in [0.15, 0.2) is 12.4 Å². The number of amides is 1. The summed E-state index contributed by atoms with van der Waals surface area (Å²) < 4.78 is 0. The van der Waals surface area contributed by atoms with Gasteiger partial charge in [0.1, 0.15) is 0 Å². The Morgan fingerprint density at radius 1 is 1.59 bits per heavy atom. The highest BCUT2D eigenvalue weighted by Gasteiger charge is 2.27. The van der Waals surface area contributed by atoms with Crippen molar-refractivity contribution in [2.45, 2.75) is 13.0 Å². The minimum atomic E-state index is -0.237. The van der Waals surface area contributed by atoms with Crippen LogP contribution in [0.5, 0.6) is 0 Å².